The van der Waals surface area contributed by atoms with E-state index in [9.17, 15) is 0 Å². The van der Waals surface area contributed by atoms with Crippen molar-refractivity contribution in [1.82, 2.24) is 9.97 Å². The van der Waals surface area contributed by atoms with Crippen LogP contribution in [-0.4, -0.2) is 16.5 Å². The molecule has 0 saturated heterocycles. The second-order valence-electron chi connectivity index (χ2n) is 4.25. The highest BCUT2D eigenvalue weighted by Gasteiger charge is 2.12. The molecular formula is C14H15Cl2N3. The molecule has 2 rings (SSSR count). The summed E-state index contributed by atoms with van der Waals surface area (Å²) in [5.41, 5.74) is 2.68. The van der Waals surface area contributed by atoms with Crippen LogP contribution >= 0.6 is 23.2 Å². The van der Waals surface area contributed by atoms with Gasteiger partial charge in [0.15, 0.2) is 0 Å². The highest BCUT2D eigenvalue weighted by atomic mass is 35.5. The van der Waals surface area contributed by atoms with E-state index < -0.39 is 0 Å². The molecule has 0 aliphatic rings. The van der Waals surface area contributed by atoms with Gasteiger partial charge < -0.3 is 5.32 Å². The van der Waals surface area contributed by atoms with Gasteiger partial charge in [-0.05, 0) is 31.5 Å². The first-order valence-electron chi connectivity index (χ1n) is 6.14. The van der Waals surface area contributed by atoms with Crippen molar-refractivity contribution in [2.24, 2.45) is 0 Å². The molecule has 1 aromatic heterocycles. The van der Waals surface area contributed by atoms with Gasteiger partial charge in [-0.3, -0.25) is 0 Å². The lowest BCUT2D eigenvalue weighted by molar-refractivity contribution is 0.960. The van der Waals surface area contributed by atoms with Crippen LogP contribution in [0.1, 0.15) is 18.9 Å². The third-order valence-electron chi connectivity index (χ3n) is 2.81. The Morgan fingerprint density at radius 3 is 2.68 bits per heavy atom. The Labute approximate surface area is 123 Å². The molecule has 2 aromatic rings. The van der Waals surface area contributed by atoms with E-state index in [-0.39, 0.29) is 0 Å². The fraction of sp³-hybridized carbons (Fsp3) is 0.286. The minimum absolute atomic E-state index is 0.593. The number of hydrogen-bond donors (Lipinski definition) is 1. The SMILES string of the molecule is CCCNc1ncnc(-c2ccc(Cl)cc2Cl)c1C. The second-order valence-corrected chi connectivity index (χ2v) is 5.09. The van der Waals surface area contributed by atoms with Gasteiger partial charge >= 0.3 is 0 Å². The number of hydrogen-bond acceptors (Lipinski definition) is 3. The van der Waals surface area contributed by atoms with E-state index in [2.05, 4.69) is 22.2 Å². The molecule has 0 amide bonds. The summed E-state index contributed by atoms with van der Waals surface area (Å²) >= 11 is 12.1. The van der Waals surface area contributed by atoms with Crippen molar-refractivity contribution in [2.75, 3.05) is 11.9 Å². The largest absolute Gasteiger partial charge is 0.370 e. The van der Waals surface area contributed by atoms with Crippen LogP contribution in [-0.2, 0) is 0 Å². The van der Waals surface area contributed by atoms with E-state index in [0.29, 0.717) is 10.0 Å². The average molecular weight is 296 g/mol. The summed E-state index contributed by atoms with van der Waals surface area (Å²) in [6.07, 6.45) is 2.59. The molecule has 0 fully saturated rings. The summed E-state index contributed by atoms with van der Waals surface area (Å²) in [4.78, 5) is 8.59. The van der Waals surface area contributed by atoms with Crippen molar-refractivity contribution < 1.29 is 0 Å². The molecule has 1 aromatic carbocycles. The average Bonchev–Trinajstić information content (AvgIpc) is 2.38. The second kappa shape index (κ2) is 6.22. The van der Waals surface area contributed by atoms with Crippen molar-refractivity contribution >= 4 is 29.0 Å². The lowest BCUT2D eigenvalue weighted by Crippen LogP contribution is -2.05. The lowest BCUT2D eigenvalue weighted by Gasteiger charge is -2.12. The zero-order valence-corrected chi connectivity index (χ0v) is 12.4. The molecule has 0 unspecified atom stereocenters. The summed E-state index contributed by atoms with van der Waals surface area (Å²) in [5.74, 6) is 0.845. The monoisotopic (exact) mass is 295 g/mol. The van der Waals surface area contributed by atoms with Gasteiger partial charge in [0.25, 0.3) is 0 Å². The van der Waals surface area contributed by atoms with Gasteiger partial charge in [-0.2, -0.15) is 0 Å². The van der Waals surface area contributed by atoms with Gasteiger partial charge in [-0.25, -0.2) is 9.97 Å². The molecular weight excluding hydrogens is 281 g/mol. The topological polar surface area (TPSA) is 37.8 Å². The Bertz CT molecular complexity index is 585. The molecule has 0 aliphatic heterocycles. The maximum Gasteiger partial charge on any atom is 0.132 e. The van der Waals surface area contributed by atoms with E-state index in [4.69, 9.17) is 23.2 Å². The summed E-state index contributed by atoms with van der Waals surface area (Å²) in [6.45, 7) is 4.98. The third kappa shape index (κ3) is 3.17. The summed E-state index contributed by atoms with van der Waals surface area (Å²) in [7, 11) is 0. The van der Waals surface area contributed by atoms with Crippen molar-refractivity contribution in [3.05, 3.63) is 40.1 Å². The number of nitrogens with zero attached hydrogens (tertiary/aromatic N) is 2. The Kier molecular flexibility index (Phi) is 4.61. The smallest absolute Gasteiger partial charge is 0.132 e. The van der Waals surface area contributed by atoms with Crippen molar-refractivity contribution in [2.45, 2.75) is 20.3 Å². The fourth-order valence-corrected chi connectivity index (χ4v) is 2.32. The number of benzene rings is 1. The number of anilines is 1. The third-order valence-corrected chi connectivity index (χ3v) is 3.36. The molecule has 19 heavy (non-hydrogen) atoms. The summed E-state index contributed by atoms with van der Waals surface area (Å²) in [6, 6.07) is 5.41. The maximum absolute atomic E-state index is 6.23. The number of rotatable bonds is 4. The standard InChI is InChI=1S/C14H15Cl2N3/c1-3-6-17-14-9(2)13(18-8-19-14)11-5-4-10(15)7-12(11)16/h4-5,7-8H,3,6H2,1-2H3,(H,17,18,19). The lowest BCUT2D eigenvalue weighted by atomic mass is 10.1. The van der Waals surface area contributed by atoms with Crippen molar-refractivity contribution in [3.8, 4) is 11.3 Å². The van der Waals surface area contributed by atoms with E-state index in [0.717, 1.165) is 35.6 Å². The van der Waals surface area contributed by atoms with Gasteiger partial charge in [0.2, 0.25) is 0 Å². The predicted octanol–water partition coefficient (Wildman–Crippen LogP) is 4.58. The highest BCUT2D eigenvalue weighted by Crippen LogP contribution is 2.32. The fourth-order valence-electron chi connectivity index (χ4n) is 1.82. The molecule has 0 radical (unpaired) electrons. The molecule has 0 atom stereocenters. The Morgan fingerprint density at radius 1 is 1.21 bits per heavy atom. The summed E-state index contributed by atoms with van der Waals surface area (Å²) < 4.78 is 0. The molecule has 0 aliphatic carbocycles. The van der Waals surface area contributed by atoms with Crippen LogP contribution in [0.5, 0.6) is 0 Å². The van der Waals surface area contributed by atoms with Crippen LogP contribution in [0.4, 0.5) is 5.82 Å². The highest BCUT2D eigenvalue weighted by molar-refractivity contribution is 6.36. The number of nitrogens with one attached hydrogen (secondary N) is 1. The molecule has 1 N–H and O–H groups in total. The quantitative estimate of drug-likeness (QED) is 0.897. The first-order valence-corrected chi connectivity index (χ1v) is 6.90. The van der Waals surface area contributed by atoms with Crippen LogP contribution in [0.15, 0.2) is 24.5 Å². The summed E-state index contributed by atoms with van der Waals surface area (Å²) in [5, 5.41) is 4.49. The van der Waals surface area contributed by atoms with E-state index >= 15 is 0 Å². The Hall–Kier alpha value is -1.32. The molecule has 0 spiro atoms. The van der Waals surface area contributed by atoms with Gasteiger partial charge in [0, 0.05) is 22.7 Å². The van der Waals surface area contributed by atoms with E-state index in [1.165, 1.54) is 0 Å². The normalized spacial score (nSPS) is 10.5. The zero-order chi connectivity index (χ0) is 13.8. The number of aromatic nitrogens is 2. The van der Waals surface area contributed by atoms with Crippen molar-refractivity contribution in [3.63, 3.8) is 0 Å². The van der Waals surface area contributed by atoms with Crippen LogP contribution in [0, 0.1) is 6.92 Å². The minimum Gasteiger partial charge on any atom is -0.370 e. The molecule has 1 heterocycles. The molecule has 3 nitrogen and oxygen atoms in total. The first kappa shape index (κ1) is 14.1. The van der Waals surface area contributed by atoms with Gasteiger partial charge in [-0.15, -0.1) is 0 Å². The first-order chi connectivity index (χ1) is 9.13. The Balaban J connectivity index is 2.44. The van der Waals surface area contributed by atoms with Gasteiger partial charge in [-0.1, -0.05) is 30.1 Å². The Morgan fingerprint density at radius 2 is 2.00 bits per heavy atom. The minimum atomic E-state index is 0.593. The maximum atomic E-state index is 6.23. The van der Waals surface area contributed by atoms with Gasteiger partial charge in [0.1, 0.15) is 12.1 Å². The van der Waals surface area contributed by atoms with E-state index in [1.807, 2.05) is 19.1 Å². The van der Waals surface area contributed by atoms with E-state index in [1.54, 1.807) is 12.4 Å². The molecule has 5 heteroatoms. The van der Waals surface area contributed by atoms with Crippen molar-refractivity contribution in [1.29, 1.82) is 0 Å². The number of halogens is 2. The van der Waals surface area contributed by atoms with Crippen LogP contribution < -0.4 is 5.32 Å². The molecule has 0 bridgehead atoms. The van der Waals surface area contributed by atoms with Crippen LogP contribution in [0.25, 0.3) is 11.3 Å². The molecule has 100 valence electrons. The predicted molar refractivity (Wildman–Crippen MR) is 81.0 cm³/mol. The van der Waals surface area contributed by atoms with Crippen LogP contribution in [0.2, 0.25) is 10.0 Å². The van der Waals surface area contributed by atoms with Gasteiger partial charge in [0.05, 0.1) is 10.7 Å². The van der Waals surface area contributed by atoms with Crippen LogP contribution in [0.3, 0.4) is 0 Å². The zero-order valence-electron chi connectivity index (χ0n) is 10.9. The molecule has 0 saturated carbocycles.